The molecule has 12 rings (SSSR count). The van der Waals surface area contributed by atoms with Gasteiger partial charge in [-0.1, -0.05) is 167 Å². The van der Waals surface area contributed by atoms with E-state index in [0.29, 0.717) is 0 Å². The van der Waals surface area contributed by atoms with E-state index in [1.54, 1.807) is 0 Å². The van der Waals surface area contributed by atoms with Gasteiger partial charge in [0.15, 0.2) is 7.28 Å². The second-order valence-corrected chi connectivity index (χ2v) is 24.6. The predicted octanol–water partition coefficient (Wildman–Crippen LogP) is 15.8. The van der Waals surface area contributed by atoms with Gasteiger partial charge in [0.1, 0.15) is 0 Å². The van der Waals surface area contributed by atoms with Gasteiger partial charge in [0.05, 0.1) is 5.69 Å². The van der Waals surface area contributed by atoms with Crippen LogP contribution in [0.1, 0.15) is 153 Å². The number of hydrogen-bond donors (Lipinski definition) is 1. The average Bonchev–Trinajstić information content (AvgIpc) is 3.51. The van der Waals surface area contributed by atoms with Crippen molar-refractivity contribution in [3.05, 3.63) is 172 Å². The van der Waals surface area contributed by atoms with E-state index in [2.05, 4.69) is 228 Å². The summed E-state index contributed by atoms with van der Waals surface area (Å²) in [5.74, 6) is 0. The molecule has 0 amide bonds. The molecular weight excluding hydrogens is 808 g/mol. The van der Waals surface area contributed by atoms with Crippen LogP contribution in [-0.2, 0) is 32.5 Å². The summed E-state index contributed by atoms with van der Waals surface area (Å²) in [6, 6.07) is 49.7. The zero-order valence-electron chi connectivity index (χ0n) is 42.0. The smallest absolute Gasteiger partial charge is 0.197 e. The Balaban J connectivity index is 1.15. The van der Waals surface area contributed by atoms with Crippen LogP contribution in [0.5, 0.6) is 0 Å². The molecule has 1 radical (unpaired) electrons. The molecule has 0 atom stereocenters. The summed E-state index contributed by atoms with van der Waals surface area (Å²) in [5, 5.41) is 4.19. The van der Waals surface area contributed by atoms with Crippen molar-refractivity contribution in [2.75, 3.05) is 10.2 Å². The molecule has 0 unspecified atom stereocenters. The second-order valence-electron chi connectivity index (χ2n) is 24.6. The molecule has 0 saturated heterocycles. The van der Waals surface area contributed by atoms with Crippen LogP contribution >= 0.6 is 0 Å². The van der Waals surface area contributed by atoms with Crippen molar-refractivity contribution in [2.45, 2.75) is 141 Å². The third-order valence-corrected chi connectivity index (χ3v) is 17.8. The normalized spacial score (nSPS) is 19.6. The molecule has 3 heteroatoms. The van der Waals surface area contributed by atoms with Crippen molar-refractivity contribution in [3.8, 4) is 33.4 Å². The van der Waals surface area contributed by atoms with E-state index in [0.717, 1.165) is 11.4 Å². The molecule has 1 N–H and O–H groups in total. The van der Waals surface area contributed by atoms with Gasteiger partial charge in [-0.3, -0.25) is 0 Å². The third-order valence-electron chi connectivity index (χ3n) is 17.8. The number of benzene rings is 7. The van der Waals surface area contributed by atoms with Gasteiger partial charge >= 0.3 is 0 Å². The molecule has 3 aliphatic carbocycles. The molecule has 7 aromatic carbocycles. The molecule has 2 heterocycles. The summed E-state index contributed by atoms with van der Waals surface area (Å²) < 4.78 is 0. The molecule has 0 spiro atoms. The fourth-order valence-corrected chi connectivity index (χ4v) is 13.3. The highest BCUT2D eigenvalue weighted by Gasteiger charge is 2.45. The van der Waals surface area contributed by atoms with Gasteiger partial charge < -0.3 is 10.2 Å². The molecule has 0 aromatic heterocycles. The van der Waals surface area contributed by atoms with Crippen molar-refractivity contribution >= 4 is 46.6 Å². The minimum absolute atomic E-state index is 0.0944. The lowest BCUT2D eigenvalue weighted by Gasteiger charge is -2.46. The van der Waals surface area contributed by atoms with E-state index in [4.69, 9.17) is 0 Å². The van der Waals surface area contributed by atoms with Crippen molar-refractivity contribution in [1.82, 2.24) is 0 Å². The van der Waals surface area contributed by atoms with Crippen LogP contribution in [0.25, 0.3) is 33.4 Å². The van der Waals surface area contributed by atoms with Gasteiger partial charge in [0.25, 0.3) is 0 Å². The quantitative estimate of drug-likeness (QED) is 0.177. The first-order valence-corrected chi connectivity index (χ1v) is 25.1. The van der Waals surface area contributed by atoms with E-state index in [1.165, 1.54) is 132 Å². The van der Waals surface area contributed by atoms with Crippen molar-refractivity contribution in [3.63, 3.8) is 0 Å². The van der Waals surface area contributed by atoms with E-state index in [9.17, 15) is 0 Å². The largest absolute Gasteiger partial charge is 0.355 e. The first-order chi connectivity index (χ1) is 31.7. The van der Waals surface area contributed by atoms with Crippen molar-refractivity contribution in [1.29, 1.82) is 0 Å². The summed E-state index contributed by atoms with van der Waals surface area (Å²) in [7, 11) is 2.50. The van der Waals surface area contributed by atoms with Crippen LogP contribution in [0, 0.1) is 0 Å². The Labute approximate surface area is 401 Å². The highest BCUT2D eigenvalue weighted by Crippen LogP contribution is 2.58. The lowest BCUT2D eigenvalue weighted by atomic mass is 9.55. The SMILES string of the molecule is CC1(C)CCC(C)(C)c2cc(Nc3cc4c(cc3-c3cc(-c5ccccc5)cc5c3[B]c3cccc6c3N5c3ccccc3C6(C)C)-c3cc5c(cc3C4(C)C)C(C)(C)CCC5(C)C)ccc21. The molecule has 5 aliphatic rings. The molecule has 2 aliphatic heterocycles. The highest BCUT2D eigenvalue weighted by atomic mass is 15.2. The summed E-state index contributed by atoms with van der Waals surface area (Å²) in [6.07, 6.45) is 4.78. The lowest BCUT2D eigenvalue weighted by Crippen LogP contribution is -2.45. The molecule has 2 nitrogen and oxygen atoms in total. The predicted molar refractivity (Wildman–Crippen MR) is 287 cm³/mol. The Morgan fingerprint density at radius 1 is 0.403 bits per heavy atom. The number of nitrogens with one attached hydrogen (secondary N) is 1. The van der Waals surface area contributed by atoms with E-state index in [1.807, 2.05) is 0 Å². The number of nitrogens with zero attached hydrogens (tertiary/aromatic N) is 1. The van der Waals surface area contributed by atoms with Gasteiger partial charge in [-0.2, -0.15) is 0 Å². The van der Waals surface area contributed by atoms with Crippen LogP contribution in [0.15, 0.2) is 127 Å². The maximum Gasteiger partial charge on any atom is 0.197 e. The zero-order chi connectivity index (χ0) is 46.8. The highest BCUT2D eigenvalue weighted by molar-refractivity contribution is 6.73. The van der Waals surface area contributed by atoms with Crippen LogP contribution < -0.4 is 21.1 Å². The van der Waals surface area contributed by atoms with Gasteiger partial charge in [-0.25, -0.2) is 0 Å². The Morgan fingerprint density at radius 3 is 1.70 bits per heavy atom. The summed E-state index contributed by atoms with van der Waals surface area (Å²) in [6.45, 7) is 29.3. The van der Waals surface area contributed by atoms with E-state index in [-0.39, 0.29) is 32.5 Å². The number of hydrogen-bond acceptors (Lipinski definition) is 2. The third kappa shape index (κ3) is 6.14. The first kappa shape index (κ1) is 42.6. The second kappa shape index (κ2) is 13.9. The maximum absolute atomic E-state index is 4.19. The van der Waals surface area contributed by atoms with Gasteiger partial charge in [-0.15, -0.1) is 0 Å². The molecule has 0 bridgehead atoms. The summed E-state index contributed by atoms with van der Waals surface area (Å²) in [4.78, 5) is 2.60. The van der Waals surface area contributed by atoms with Gasteiger partial charge in [0, 0.05) is 39.1 Å². The van der Waals surface area contributed by atoms with E-state index >= 15 is 0 Å². The average molecular weight is 874 g/mol. The molecule has 67 heavy (non-hydrogen) atoms. The van der Waals surface area contributed by atoms with Crippen LogP contribution in [-0.4, -0.2) is 7.28 Å². The maximum atomic E-state index is 4.19. The fraction of sp³-hybridized carbons (Fsp3) is 0.344. The van der Waals surface area contributed by atoms with Crippen molar-refractivity contribution < 1.29 is 0 Å². The number of fused-ring (bicyclic) bond motifs is 9. The number of anilines is 5. The number of para-hydroxylation sites is 2. The minimum Gasteiger partial charge on any atom is -0.355 e. The van der Waals surface area contributed by atoms with Gasteiger partial charge in [0.2, 0.25) is 0 Å². The minimum atomic E-state index is -0.189. The van der Waals surface area contributed by atoms with Crippen molar-refractivity contribution in [2.24, 2.45) is 0 Å². The molecule has 0 saturated carbocycles. The zero-order valence-corrected chi connectivity index (χ0v) is 42.0. The number of rotatable bonds is 4. The molecule has 7 aromatic rings. The standard InChI is InChI=1S/C64H66BN2/c1-59(2)27-28-60(3,4)50-33-40(25-26-45(50)59)66-54-37-49-41(42-35-51-52(36-48(42)64(49,11)12)62(7,8)30-29-61(51,5)6)34-43(54)44-31-39(38-19-14-13-15-20-38)32-56-57(44)65-53-23-18-22-47-58(53)67(56)55-24-17-16-21-46(55)63(47,9)10/h13-26,31-37,66H,27-30H2,1-12H3. The van der Waals surface area contributed by atoms with Gasteiger partial charge in [-0.05, 0) is 174 Å². The van der Waals surface area contributed by atoms with Crippen LogP contribution in [0.3, 0.4) is 0 Å². The Morgan fingerprint density at radius 2 is 0.985 bits per heavy atom. The Kier molecular flexibility index (Phi) is 8.83. The Bertz CT molecular complexity index is 3250. The Hall–Kier alpha value is -5.80. The summed E-state index contributed by atoms with van der Waals surface area (Å²) in [5.41, 5.74) is 28.0. The first-order valence-electron chi connectivity index (χ1n) is 25.1. The molecule has 335 valence electrons. The summed E-state index contributed by atoms with van der Waals surface area (Å²) >= 11 is 0. The topological polar surface area (TPSA) is 15.3 Å². The molecular formula is C64H66BN2. The fourth-order valence-electron chi connectivity index (χ4n) is 13.3. The van der Waals surface area contributed by atoms with E-state index < -0.39 is 0 Å². The molecule has 0 fully saturated rings. The lowest BCUT2D eigenvalue weighted by molar-refractivity contribution is 0.331. The monoisotopic (exact) mass is 874 g/mol. The van der Waals surface area contributed by atoms with Crippen LogP contribution in [0.4, 0.5) is 28.4 Å². The van der Waals surface area contributed by atoms with Crippen LogP contribution in [0.2, 0.25) is 0 Å².